The molecular formula is C21H35N5O2. The zero-order valence-electron chi connectivity index (χ0n) is 17.5. The highest BCUT2D eigenvalue weighted by molar-refractivity contribution is 5.79. The number of nitrogens with zero attached hydrogens (tertiary/aromatic N) is 3. The van der Waals surface area contributed by atoms with Crippen LogP contribution in [0.1, 0.15) is 45.1 Å². The van der Waals surface area contributed by atoms with Crippen LogP contribution in [0.2, 0.25) is 0 Å². The van der Waals surface area contributed by atoms with E-state index in [0.29, 0.717) is 12.6 Å². The molecule has 0 atom stereocenters. The predicted molar refractivity (Wildman–Crippen MR) is 112 cm³/mol. The monoisotopic (exact) mass is 389 g/mol. The van der Waals surface area contributed by atoms with Crippen LogP contribution in [0, 0.1) is 0 Å². The van der Waals surface area contributed by atoms with Crippen LogP contribution in [0.4, 0.5) is 0 Å². The third kappa shape index (κ3) is 5.82. The molecule has 7 nitrogen and oxygen atoms in total. The van der Waals surface area contributed by atoms with Crippen molar-refractivity contribution >= 4 is 5.96 Å². The Morgan fingerprint density at radius 1 is 1.29 bits per heavy atom. The molecule has 156 valence electrons. The molecule has 0 spiro atoms. The fourth-order valence-electron chi connectivity index (χ4n) is 3.81. The summed E-state index contributed by atoms with van der Waals surface area (Å²) < 4.78 is 11.6. The fraction of sp³-hybridized carbons (Fsp3) is 0.714. The van der Waals surface area contributed by atoms with Gasteiger partial charge in [-0.15, -0.1) is 0 Å². The van der Waals surface area contributed by atoms with Crippen LogP contribution in [0.15, 0.2) is 23.3 Å². The lowest BCUT2D eigenvalue weighted by atomic mass is 10.0. The van der Waals surface area contributed by atoms with Crippen molar-refractivity contribution in [2.45, 2.75) is 57.7 Å². The Morgan fingerprint density at radius 3 is 2.75 bits per heavy atom. The molecule has 0 bridgehead atoms. The molecule has 2 N–H and O–H groups in total. The van der Waals surface area contributed by atoms with Crippen molar-refractivity contribution in [3.05, 3.63) is 23.9 Å². The summed E-state index contributed by atoms with van der Waals surface area (Å²) in [7, 11) is 1.80. The quantitative estimate of drug-likeness (QED) is 0.550. The van der Waals surface area contributed by atoms with Gasteiger partial charge >= 0.3 is 0 Å². The van der Waals surface area contributed by atoms with Gasteiger partial charge < -0.3 is 20.1 Å². The zero-order valence-corrected chi connectivity index (χ0v) is 17.5. The van der Waals surface area contributed by atoms with Crippen LogP contribution in [0.25, 0.3) is 0 Å². The lowest BCUT2D eigenvalue weighted by Gasteiger charge is -2.41. The first kappa shape index (κ1) is 20.9. The van der Waals surface area contributed by atoms with E-state index in [4.69, 9.17) is 9.47 Å². The van der Waals surface area contributed by atoms with Gasteiger partial charge in [-0.2, -0.15) is 0 Å². The van der Waals surface area contributed by atoms with E-state index in [1.165, 1.54) is 12.8 Å². The number of rotatable bonds is 7. The molecule has 3 rings (SSSR count). The van der Waals surface area contributed by atoms with Crippen molar-refractivity contribution in [2.75, 3.05) is 39.9 Å². The number of nitrogens with one attached hydrogen (secondary N) is 2. The van der Waals surface area contributed by atoms with Gasteiger partial charge in [0.05, 0.1) is 13.2 Å². The van der Waals surface area contributed by atoms with Gasteiger partial charge in [-0.1, -0.05) is 6.07 Å². The molecule has 0 amide bonds. The smallest absolute Gasteiger partial charge is 0.218 e. The number of guanidine groups is 1. The fourth-order valence-corrected chi connectivity index (χ4v) is 3.81. The molecule has 7 heteroatoms. The summed E-state index contributed by atoms with van der Waals surface area (Å²) in [6.07, 6.45) is 6.86. The second-order valence-electron chi connectivity index (χ2n) is 8.18. The molecule has 0 aromatic carbocycles. The molecule has 1 aliphatic heterocycles. The van der Waals surface area contributed by atoms with Crippen molar-refractivity contribution < 1.29 is 9.47 Å². The third-order valence-electron chi connectivity index (χ3n) is 5.66. The maximum absolute atomic E-state index is 6.14. The van der Waals surface area contributed by atoms with E-state index < -0.39 is 0 Å². The number of pyridine rings is 1. The number of aromatic nitrogens is 1. The molecule has 1 saturated heterocycles. The van der Waals surface area contributed by atoms with Gasteiger partial charge in [0.2, 0.25) is 5.88 Å². The average Bonchev–Trinajstić information content (AvgIpc) is 3.23. The zero-order chi connectivity index (χ0) is 19.8. The lowest BCUT2D eigenvalue weighted by Crippen LogP contribution is -2.56. The van der Waals surface area contributed by atoms with Crippen molar-refractivity contribution in [3.8, 4) is 5.88 Å². The summed E-state index contributed by atoms with van der Waals surface area (Å²) in [5.74, 6) is 1.53. The summed E-state index contributed by atoms with van der Waals surface area (Å²) >= 11 is 0. The Morgan fingerprint density at radius 2 is 2.04 bits per heavy atom. The van der Waals surface area contributed by atoms with E-state index in [2.05, 4.69) is 45.4 Å². The number of hydrogen-bond acceptors (Lipinski definition) is 5. The van der Waals surface area contributed by atoms with Crippen LogP contribution in [0.5, 0.6) is 5.88 Å². The Labute approximate surface area is 168 Å². The minimum Gasteiger partial charge on any atom is -0.474 e. The first-order valence-electron chi connectivity index (χ1n) is 10.5. The van der Waals surface area contributed by atoms with Gasteiger partial charge in [0.1, 0.15) is 6.10 Å². The highest BCUT2D eigenvalue weighted by atomic mass is 16.5. The van der Waals surface area contributed by atoms with E-state index >= 15 is 0 Å². The summed E-state index contributed by atoms with van der Waals surface area (Å²) in [5.41, 5.74) is 1.09. The summed E-state index contributed by atoms with van der Waals surface area (Å²) in [4.78, 5) is 11.3. The normalized spacial score (nSPS) is 19.6. The van der Waals surface area contributed by atoms with Crippen LogP contribution in [0.3, 0.4) is 0 Å². The van der Waals surface area contributed by atoms with Gasteiger partial charge in [0, 0.05) is 50.5 Å². The molecule has 2 fully saturated rings. The number of morpholine rings is 1. The third-order valence-corrected chi connectivity index (χ3v) is 5.66. The van der Waals surface area contributed by atoms with Gasteiger partial charge in [-0.25, -0.2) is 4.98 Å². The Balaban J connectivity index is 1.51. The number of hydrogen-bond donors (Lipinski definition) is 2. The van der Waals surface area contributed by atoms with Crippen molar-refractivity contribution in [1.82, 2.24) is 20.5 Å². The first-order valence-corrected chi connectivity index (χ1v) is 10.5. The predicted octanol–water partition coefficient (Wildman–Crippen LogP) is 2.18. The van der Waals surface area contributed by atoms with Crippen LogP contribution in [-0.2, 0) is 11.3 Å². The Bertz CT molecular complexity index is 637. The standard InChI is InChI=1S/C21H35N5O2/c1-21(2,26-11-13-27-14-12-26)16-25-20(22-3)24-15-17-7-6-10-23-19(17)28-18-8-4-5-9-18/h6-7,10,18H,4-5,8-9,11-16H2,1-3H3,(H2,22,24,25). The maximum atomic E-state index is 6.14. The molecule has 1 aromatic rings. The molecule has 28 heavy (non-hydrogen) atoms. The van der Waals surface area contributed by atoms with Gasteiger partial charge in [0.15, 0.2) is 5.96 Å². The van der Waals surface area contributed by atoms with Gasteiger partial charge in [-0.05, 0) is 45.6 Å². The Hall–Kier alpha value is -1.86. The minimum absolute atomic E-state index is 0.0342. The summed E-state index contributed by atoms with van der Waals surface area (Å²) in [6.45, 7) is 9.51. The molecular weight excluding hydrogens is 354 g/mol. The van der Waals surface area contributed by atoms with E-state index in [0.717, 1.165) is 63.1 Å². The average molecular weight is 390 g/mol. The molecule has 1 saturated carbocycles. The van der Waals surface area contributed by atoms with Crippen molar-refractivity contribution in [3.63, 3.8) is 0 Å². The molecule has 2 aliphatic rings. The van der Waals surface area contributed by atoms with Crippen molar-refractivity contribution in [2.24, 2.45) is 4.99 Å². The van der Waals surface area contributed by atoms with E-state index in [1.807, 2.05) is 6.07 Å². The Kier molecular flexibility index (Phi) is 7.50. The molecule has 2 heterocycles. The van der Waals surface area contributed by atoms with E-state index in [1.54, 1.807) is 13.2 Å². The highest BCUT2D eigenvalue weighted by Crippen LogP contribution is 2.25. The second kappa shape index (κ2) is 10.1. The maximum Gasteiger partial charge on any atom is 0.218 e. The SMILES string of the molecule is CN=C(NCc1cccnc1OC1CCCC1)NCC(C)(C)N1CCOCC1. The van der Waals surface area contributed by atoms with Gasteiger partial charge in [0.25, 0.3) is 0 Å². The number of ether oxygens (including phenoxy) is 2. The van der Waals surface area contributed by atoms with Crippen LogP contribution >= 0.6 is 0 Å². The van der Waals surface area contributed by atoms with E-state index in [-0.39, 0.29) is 5.54 Å². The summed E-state index contributed by atoms with van der Waals surface area (Å²) in [5, 5.41) is 6.87. The second-order valence-corrected chi connectivity index (χ2v) is 8.18. The number of aliphatic imine (C=N–C) groups is 1. The van der Waals surface area contributed by atoms with Crippen molar-refractivity contribution in [1.29, 1.82) is 0 Å². The summed E-state index contributed by atoms with van der Waals surface area (Å²) in [6, 6.07) is 4.02. The highest BCUT2D eigenvalue weighted by Gasteiger charge is 2.28. The molecule has 1 aliphatic carbocycles. The van der Waals surface area contributed by atoms with Gasteiger partial charge in [-0.3, -0.25) is 9.89 Å². The van der Waals surface area contributed by atoms with Crippen LogP contribution < -0.4 is 15.4 Å². The molecule has 1 aromatic heterocycles. The lowest BCUT2D eigenvalue weighted by molar-refractivity contribution is -0.00834. The molecule has 0 radical (unpaired) electrons. The topological polar surface area (TPSA) is 71.0 Å². The van der Waals surface area contributed by atoms with E-state index in [9.17, 15) is 0 Å². The largest absolute Gasteiger partial charge is 0.474 e. The minimum atomic E-state index is 0.0342. The molecule has 0 unspecified atom stereocenters. The first-order chi connectivity index (χ1) is 13.6. The van der Waals surface area contributed by atoms with Crippen LogP contribution in [-0.4, -0.2) is 67.4 Å².